The third-order valence-electron chi connectivity index (χ3n) is 2.54. The molecule has 1 rings (SSSR count). The van der Waals surface area contributed by atoms with E-state index in [-0.39, 0.29) is 5.41 Å². The topological polar surface area (TPSA) is 29.3 Å². The Hall–Kier alpha value is -0.380. The van der Waals surface area contributed by atoms with Crippen molar-refractivity contribution >= 4 is 11.3 Å². The van der Waals surface area contributed by atoms with Gasteiger partial charge in [-0.25, -0.2) is 0 Å². The fraction of sp³-hybridized carbons (Fsp3) is 0.667. The highest BCUT2D eigenvalue weighted by atomic mass is 32.1. The van der Waals surface area contributed by atoms with E-state index in [2.05, 4.69) is 51.9 Å². The van der Waals surface area contributed by atoms with Gasteiger partial charge in [0.25, 0.3) is 0 Å². The lowest BCUT2D eigenvalue weighted by Gasteiger charge is -2.21. The maximum Gasteiger partial charge on any atom is 0.0559 e. The summed E-state index contributed by atoms with van der Waals surface area (Å²) >= 11 is 1.88. The van der Waals surface area contributed by atoms with Crippen LogP contribution in [0.25, 0.3) is 0 Å². The number of nitrogens with two attached hydrogens (primary N) is 1. The third-order valence-corrected chi connectivity index (χ3v) is 4.15. The Morgan fingerprint density at radius 1 is 1.33 bits per heavy atom. The minimum Gasteiger partial charge on any atom is -0.329 e. The fourth-order valence-electron chi connectivity index (χ4n) is 1.52. The van der Waals surface area contributed by atoms with Crippen LogP contribution in [0.5, 0.6) is 0 Å². The van der Waals surface area contributed by atoms with Gasteiger partial charge in [-0.2, -0.15) is 0 Å². The van der Waals surface area contributed by atoms with E-state index in [9.17, 15) is 0 Å². The highest BCUT2D eigenvalue weighted by molar-refractivity contribution is 7.12. The molecular weight excluding hydrogens is 204 g/mol. The van der Waals surface area contributed by atoms with Crippen LogP contribution in [0, 0.1) is 0 Å². The molecule has 1 heterocycles. The first-order chi connectivity index (χ1) is 6.86. The number of nitrogens with zero attached hydrogens (tertiary/aromatic N) is 1. The second-order valence-corrected chi connectivity index (χ2v) is 6.28. The van der Waals surface area contributed by atoms with Gasteiger partial charge in [0, 0.05) is 16.3 Å². The smallest absolute Gasteiger partial charge is 0.0559 e. The molecule has 0 saturated heterocycles. The van der Waals surface area contributed by atoms with Gasteiger partial charge in [-0.1, -0.05) is 20.8 Å². The molecule has 0 spiro atoms. The van der Waals surface area contributed by atoms with E-state index in [0.29, 0.717) is 12.6 Å². The molecule has 0 fully saturated rings. The molecule has 0 saturated carbocycles. The summed E-state index contributed by atoms with van der Waals surface area (Å²) in [7, 11) is 4.15. The third kappa shape index (κ3) is 3.03. The van der Waals surface area contributed by atoms with E-state index in [1.807, 2.05) is 11.3 Å². The van der Waals surface area contributed by atoms with Gasteiger partial charge in [-0.05, 0) is 31.6 Å². The SMILES string of the molecule is CN(C)C(CN)c1ccc(C(C)(C)C)s1. The van der Waals surface area contributed by atoms with Crippen molar-refractivity contribution in [1.29, 1.82) is 0 Å². The summed E-state index contributed by atoms with van der Waals surface area (Å²) in [5.74, 6) is 0. The zero-order valence-corrected chi connectivity index (χ0v) is 11.2. The highest BCUT2D eigenvalue weighted by Gasteiger charge is 2.20. The van der Waals surface area contributed by atoms with Gasteiger partial charge >= 0.3 is 0 Å². The Kier molecular flexibility index (Phi) is 3.93. The standard InChI is InChI=1S/C12H22N2S/c1-12(2,3)11-7-6-10(15-11)9(8-13)14(4)5/h6-7,9H,8,13H2,1-5H3. The average Bonchev–Trinajstić information content (AvgIpc) is 2.52. The zero-order valence-electron chi connectivity index (χ0n) is 10.4. The molecule has 3 heteroatoms. The summed E-state index contributed by atoms with van der Waals surface area (Å²) in [5, 5.41) is 0. The lowest BCUT2D eigenvalue weighted by atomic mass is 9.95. The van der Waals surface area contributed by atoms with Crippen LogP contribution < -0.4 is 5.73 Å². The summed E-state index contributed by atoms with van der Waals surface area (Å²) in [6, 6.07) is 4.79. The summed E-state index contributed by atoms with van der Waals surface area (Å²) < 4.78 is 0. The van der Waals surface area contributed by atoms with E-state index in [1.165, 1.54) is 9.75 Å². The molecule has 2 nitrogen and oxygen atoms in total. The largest absolute Gasteiger partial charge is 0.329 e. The van der Waals surface area contributed by atoms with E-state index >= 15 is 0 Å². The maximum absolute atomic E-state index is 5.79. The van der Waals surface area contributed by atoms with Gasteiger partial charge in [-0.3, -0.25) is 0 Å². The van der Waals surface area contributed by atoms with Gasteiger partial charge in [0.1, 0.15) is 0 Å². The normalized spacial score (nSPS) is 14.6. The lowest BCUT2D eigenvalue weighted by molar-refractivity contribution is 0.310. The molecule has 0 bridgehead atoms. The van der Waals surface area contributed by atoms with Crippen molar-refractivity contribution in [3.8, 4) is 0 Å². The Balaban J connectivity index is 2.92. The Labute approximate surface area is 97.1 Å². The minimum atomic E-state index is 0.244. The molecule has 86 valence electrons. The Morgan fingerprint density at radius 2 is 1.93 bits per heavy atom. The Morgan fingerprint density at radius 3 is 2.27 bits per heavy atom. The summed E-state index contributed by atoms with van der Waals surface area (Å²) in [5.41, 5.74) is 6.03. The van der Waals surface area contributed by atoms with Crippen molar-refractivity contribution in [2.75, 3.05) is 20.6 Å². The molecule has 0 radical (unpaired) electrons. The molecule has 0 aliphatic heterocycles. The monoisotopic (exact) mass is 226 g/mol. The molecule has 15 heavy (non-hydrogen) atoms. The van der Waals surface area contributed by atoms with Crippen molar-refractivity contribution in [3.05, 3.63) is 21.9 Å². The van der Waals surface area contributed by atoms with Gasteiger partial charge in [0.2, 0.25) is 0 Å². The first-order valence-electron chi connectivity index (χ1n) is 5.33. The van der Waals surface area contributed by atoms with Crippen molar-refractivity contribution in [3.63, 3.8) is 0 Å². The molecule has 0 aliphatic carbocycles. The van der Waals surface area contributed by atoms with Crippen LogP contribution in [-0.2, 0) is 5.41 Å². The average molecular weight is 226 g/mol. The molecule has 1 aromatic heterocycles. The second-order valence-electron chi connectivity index (χ2n) is 5.17. The van der Waals surface area contributed by atoms with Crippen molar-refractivity contribution in [2.45, 2.75) is 32.2 Å². The van der Waals surface area contributed by atoms with Crippen LogP contribution in [0.1, 0.15) is 36.6 Å². The van der Waals surface area contributed by atoms with E-state index in [1.54, 1.807) is 0 Å². The molecule has 0 aromatic carbocycles. The van der Waals surface area contributed by atoms with Crippen LogP contribution in [-0.4, -0.2) is 25.5 Å². The molecule has 1 unspecified atom stereocenters. The quantitative estimate of drug-likeness (QED) is 0.858. The van der Waals surface area contributed by atoms with Gasteiger partial charge in [0.05, 0.1) is 6.04 Å². The molecule has 2 N–H and O–H groups in total. The molecule has 0 aliphatic rings. The molecular formula is C12H22N2S. The number of likely N-dealkylation sites (N-methyl/N-ethyl adjacent to an activating group) is 1. The molecule has 1 atom stereocenters. The van der Waals surface area contributed by atoms with Crippen molar-refractivity contribution in [1.82, 2.24) is 4.90 Å². The van der Waals surface area contributed by atoms with Crippen LogP contribution >= 0.6 is 11.3 Å². The van der Waals surface area contributed by atoms with Crippen LogP contribution in [0.3, 0.4) is 0 Å². The minimum absolute atomic E-state index is 0.244. The van der Waals surface area contributed by atoms with E-state index < -0.39 is 0 Å². The summed E-state index contributed by atoms with van der Waals surface area (Å²) in [6.45, 7) is 7.41. The summed E-state index contributed by atoms with van der Waals surface area (Å²) in [4.78, 5) is 4.98. The molecule has 1 aromatic rings. The number of hydrogen-bond donors (Lipinski definition) is 1. The predicted molar refractivity (Wildman–Crippen MR) is 68.5 cm³/mol. The first kappa shape index (κ1) is 12.7. The summed E-state index contributed by atoms with van der Waals surface area (Å²) in [6.07, 6.45) is 0. The second kappa shape index (κ2) is 4.64. The van der Waals surface area contributed by atoms with Gasteiger partial charge in [-0.15, -0.1) is 11.3 Å². The van der Waals surface area contributed by atoms with Gasteiger partial charge in [0.15, 0.2) is 0 Å². The van der Waals surface area contributed by atoms with Gasteiger partial charge < -0.3 is 10.6 Å². The first-order valence-corrected chi connectivity index (χ1v) is 6.14. The lowest BCUT2D eigenvalue weighted by Crippen LogP contribution is -2.26. The maximum atomic E-state index is 5.79. The van der Waals surface area contributed by atoms with Crippen LogP contribution in [0.15, 0.2) is 12.1 Å². The highest BCUT2D eigenvalue weighted by Crippen LogP contribution is 2.33. The molecule has 0 amide bonds. The van der Waals surface area contributed by atoms with Crippen molar-refractivity contribution in [2.24, 2.45) is 5.73 Å². The fourth-order valence-corrected chi connectivity index (χ4v) is 2.79. The van der Waals surface area contributed by atoms with Crippen molar-refractivity contribution < 1.29 is 0 Å². The predicted octanol–water partition coefficient (Wildman–Crippen LogP) is 2.61. The zero-order chi connectivity index (χ0) is 11.6. The number of hydrogen-bond acceptors (Lipinski definition) is 3. The number of rotatable bonds is 3. The van der Waals surface area contributed by atoms with E-state index in [4.69, 9.17) is 5.73 Å². The number of thiophene rings is 1. The van der Waals surface area contributed by atoms with Crippen LogP contribution in [0.2, 0.25) is 0 Å². The Bertz CT molecular complexity index is 310. The van der Waals surface area contributed by atoms with Crippen LogP contribution in [0.4, 0.5) is 0 Å². The van der Waals surface area contributed by atoms with E-state index in [0.717, 1.165) is 0 Å².